The summed E-state index contributed by atoms with van der Waals surface area (Å²) in [5.41, 5.74) is 5.57. The summed E-state index contributed by atoms with van der Waals surface area (Å²) in [4.78, 5) is 16.7. The fraction of sp³-hybridized carbons (Fsp3) is 0.917. The van der Waals surface area contributed by atoms with Gasteiger partial charge in [0, 0.05) is 37.6 Å². The Kier molecular flexibility index (Phi) is 7.52. The molecule has 3 unspecified atom stereocenters. The van der Waals surface area contributed by atoms with Crippen LogP contribution in [0.5, 0.6) is 0 Å². The van der Waals surface area contributed by atoms with Gasteiger partial charge in [-0.15, -0.1) is 24.8 Å². The second-order valence-electron chi connectivity index (χ2n) is 5.27. The number of carbonyl (C=O) groups is 1. The molecule has 0 spiro atoms. The Bertz CT molecular complexity index is 278. The summed E-state index contributed by atoms with van der Waals surface area (Å²) in [7, 11) is 0. The van der Waals surface area contributed by atoms with Crippen molar-refractivity contribution in [3.05, 3.63) is 0 Å². The number of nitrogens with zero attached hydrogens (tertiary/aromatic N) is 2. The Morgan fingerprint density at radius 3 is 2.67 bits per heavy atom. The Labute approximate surface area is 122 Å². The Balaban J connectivity index is 0.00000144. The van der Waals surface area contributed by atoms with Crippen LogP contribution in [0.1, 0.15) is 26.7 Å². The highest BCUT2D eigenvalue weighted by atomic mass is 35.5. The van der Waals surface area contributed by atoms with E-state index in [2.05, 4.69) is 11.8 Å². The van der Waals surface area contributed by atoms with Crippen LogP contribution in [0.25, 0.3) is 0 Å². The van der Waals surface area contributed by atoms with E-state index in [1.165, 1.54) is 19.4 Å². The zero-order valence-corrected chi connectivity index (χ0v) is 12.8. The minimum Gasteiger partial charge on any atom is -0.337 e. The first-order valence-electron chi connectivity index (χ1n) is 6.38. The summed E-state index contributed by atoms with van der Waals surface area (Å²) >= 11 is 0. The first kappa shape index (κ1) is 18.0. The zero-order chi connectivity index (χ0) is 11.7. The molecular formula is C12H25Cl2N3O. The standard InChI is InChI=1S/C12H23N3O.2ClH/c1-9(6-13)12(16)15-8-11-4-3-5-14(11)7-10(15)2;;/h9-11H,3-8,13H2,1-2H3;2*1H. The van der Waals surface area contributed by atoms with Crippen molar-refractivity contribution in [2.45, 2.75) is 38.8 Å². The summed E-state index contributed by atoms with van der Waals surface area (Å²) < 4.78 is 0. The van der Waals surface area contributed by atoms with Crippen LogP contribution in [0.4, 0.5) is 0 Å². The monoisotopic (exact) mass is 297 g/mol. The predicted molar refractivity (Wildman–Crippen MR) is 78.5 cm³/mol. The number of nitrogens with two attached hydrogens (primary N) is 1. The van der Waals surface area contributed by atoms with Gasteiger partial charge in [0.15, 0.2) is 0 Å². The average molecular weight is 298 g/mol. The molecule has 2 fully saturated rings. The summed E-state index contributed by atoms with van der Waals surface area (Å²) in [5, 5.41) is 0. The van der Waals surface area contributed by atoms with E-state index < -0.39 is 0 Å². The minimum atomic E-state index is -0.0320. The first-order valence-corrected chi connectivity index (χ1v) is 6.38. The fourth-order valence-corrected chi connectivity index (χ4v) is 2.88. The summed E-state index contributed by atoms with van der Waals surface area (Å²) in [5.74, 6) is 0.206. The number of halogens is 2. The Morgan fingerprint density at radius 1 is 1.39 bits per heavy atom. The molecule has 2 aliphatic rings. The van der Waals surface area contributed by atoms with E-state index in [1.54, 1.807) is 0 Å². The lowest BCUT2D eigenvalue weighted by atomic mass is 10.0. The normalized spacial score (nSPS) is 28.9. The first-order chi connectivity index (χ1) is 7.63. The quantitative estimate of drug-likeness (QED) is 0.831. The molecule has 2 heterocycles. The van der Waals surface area contributed by atoms with E-state index in [0.717, 1.165) is 13.1 Å². The van der Waals surface area contributed by atoms with Gasteiger partial charge in [0.25, 0.3) is 0 Å². The topological polar surface area (TPSA) is 49.6 Å². The molecule has 2 saturated heterocycles. The van der Waals surface area contributed by atoms with E-state index >= 15 is 0 Å². The molecular weight excluding hydrogens is 273 g/mol. The van der Waals surface area contributed by atoms with Crippen LogP contribution in [0, 0.1) is 5.92 Å². The zero-order valence-electron chi connectivity index (χ0n) is 11.2. The van der Waals surface area contributed by atoms with Crippen molar-refractivity contribution in [3.8, 4) is 0 Å². The molecule has 0 aliphatic carbocycles. The molecule has 108 valence electrons. The Hall–Kier alpha value is -0.0300. The van der Waals surface area contributed by atoms with Crippen LogP contribution in [0.3, 0.4) is 0 Å². The third-order valence-corrected chi connectivity index (χ3v) is 4.00. The van der Waals surface area contributed by atoms with Crippen LogP contribution >= 0.6 is 24.8 Å². The van der Waals surface area contributed by atoms with Crippen LogP contribution in [-0.2, 0) is 4.79 Å². The summed E-state index contributed by atoms with van der Waals surface area (Å²) in [6.07, 6.45) is 2.53. The van der Waals surface area contributed by atoms with Crippen molar-refractivity contribution >= 4 is 30.7 Å². The molecule has 18 heavy (non-hydrogen) atoms. The van der Waals surface area contributed by atoms with Crippen LogP contribution in [-0.4, -0.2) is 54.0 Å². The maximum Gasteiger partial charge on any atom is 0.227 e. The van der Waals surface area contributed by atoms with Crippen molar-refractivity contribution in [1.82, 2.24) is 9.80 Å². The van der Waals surface area contributed by atoms with Gasteiger partial charge >= 0.3 is 0 Å². The van der Waals surface area contributed by atoms with Crippen molar-refractivity contribution in [1.29, 1.82) is 0 Å². The lowest BCUT2D eigenvalue weighted by Crippen LogP contribution is -2.58. The third kappa shape index (κ3) is 3.50. The SMILES string of the molecule is CC(CN)C(=O)N1CC2CCCN2CC1C.Cl.Cl. The molecule has 2 N–H and O–H groups in total. The molecule has 0 aromatic rings. The molecule has 0 bridgehead atoms. The van der Waals surface area contributed by atoms with Gasteiger partial charge in [-0.3, -0.25) is 9.69 Å². The predicted octanol–water partition coefficient (Wildman–Crippen LogP) is 1.12. The van der Waals surface area contributed by atoms with E-state index in [9.17, 15) is 4.79 Å². The number of rotatable bonds is 2. The van der Waals surface area contributed by atoms with Gasteiger partial charge in [0.2, 0.25) is 5.91 Å². The molecule has 2 rings (SSSR count). The van der Waals surface area contributed by atoms with Gasteiger partial charge in [-0.05, 0) is 26.3 Å². The number of carbonyl (C=O) groups excluding carboxylic acids is 1. The molecule has 3 atom stereocenters. The van der Waals surface area contributed by atoms with Crippen molar-refractivity contribution in [3.63, 3.8) is 0 Å². The van der Waals surface area contributed by atoms with Crippen molar-refractivity contribution in [2.24, 2.45) is 11.7 Å². The van der Waals surface area contributed by atoms with Crippen molar-refractivity contribution in [2.75, 3.05) is 26.2 Å². The number of fused-ring (bicyclic) bond motifs is 1. The summed E-state index contributed by atoms with van der Waals surface area (Å²) in [6.45, 7) is 7.68. The highest BCUT2D eigenvalue weighted by molar-refractivity contribution is 5.85. The largest absolute Gasteiger partial charge is 0.337 e. The van der Waals surface area contributed by atoms with Crippen molar-refractivity contribution < 1.29 is 4.79 Å². The van der Waals surface area contributed by atoms with Gasteiger partial charge in [0.1, 0.15) is 0 Å². The number of amides is 1. The number of piperazine rings is 1. The second kappa shape index (κ2) is 7.53. The maximum absolute atomic E-state index is 12.2. The van der Waals surface area contributed by atoms with Crippen LogP contribution in [0.2, 0.25) is 0 Å². The van der Waals surface area contributed by atoms with E-state index in [1.807, 2.05) is 11.8 Å². The highest BCUT2D eigenvalue weighted by Gasteiger charge is 2.37. The molecule has 1 amide bonds. The van der Waals surface area contributed by atoms with Gasteiger partial charge in [0.05, 0.1) is 0 Å². The highest BCUT2D eigenvalue weighted by Crippen LogP contribution is 2.25. The molecule has 6 heteroatoms. The lowest BCUT2D eigenvalue weighted by molar-refractivity contribution is -0.140. The van der Waals surface area contributed by atoms with Crippen LogP contribution < -0.4 is 5.73 Å². The third-order valence-electron chi connectivity index (χ3n) is 4.00. The van der Waals surface area contributed by atoms with E-state index in [0.29, 0.717) is 18.6 Å². The molecule has 0 saturated carbocycles. The smallest absolute Gasteiger partial charge is 0.227 e. The lowest BCUT2D eigenvalue weighted by Gasteiger charge is -2.43. The van der Waals surface area contributed by atoms with Crippen LogP contribution in [0.15, 0.2) is 0 Å². The van der Waals surface area contributed by atoms with E-state index in [4.69, 9.17) is 5.73 Å². The summed E-state index contributed by atoms with van der Waals surface area (Å²) in [6, 6.07) is 0.945. The second-order valence-corrected chi connectivity index (χ2v) is 5.27. The molecule has 2 aliphatic heterocycles. The number of hydrogen-bond donors (Lipinski definition) is 1. The van der Waals surface area contributed by atoms with E-state index in [-0.39, 0.29) is 36.6 Å². The maximum atomic E-state index is 12.2. The fourth-order valence-electron chi connectivity index (χ4n) is 2.88. The molecule has 0 aromatic heterocycles. The Morgan fingerprint density at radius 2 is 2.06 bits per heavy atom. The van der Waals surface area contributed by atoms with Gasteiger partial charge in [-0.2, -0.15) is 0 Å². The molecule has 0 aromatic carbocycles. The van der Waals surface area contributed by atoms with Gasteiger partial charge in [-0.1, -0.05) is 6.92 Å². The molecule has 4 nitrogen and oxygen atoms in total. The van der Waals surface area contributed by atoms with Gasteiger partial charge in [-0.25, -0.2) is 0 Å². The number of hydrogen-bond acceptors (Lipinski definition) is 3. The average Bonchev–Trinajstić information content (AvgIpc) is 2.72. The van der Waals surface area contributed by atoms with Gasteiger partial charge < -0.3 is 10.6 Å². The molecule has 0 radical (unpaired) electrons. The minimum absolute atomic E-state index is 0.